The van der Waals surface area contributed by atoms with E-state index in [1.807, 2.05) is 6.92 Å². The highest BCUT2D eigenvalue weighted by molar-refractivity contribution is 6.08. The number of benzene rings is 2. The Kier molecular flexibility index (Phi) is 4.16. The lowest BCUT2D eigenvalue weighted by Crippen LogP contribution is -2.39. The smallest absolute Gasteiger partial charge is 0.258 e. The van der Waals surface area contributed by atoms with Gasteiger partial charge in [-0.3, -0.25) is 19.7 Å². The fraction of sp³-hybridized carbons (Fsp3) is 0.273. The molecule has 2 aliphatic heterocycles. The van der Waals surface area contributed by atoms with Crippen LogP contribution in [0.4, 0.5) is 10.1 Å². The number of carbonyl (C=O) groups excluding carboxylic acids is 3. The Bertz CT molecular complexity index is 1220. The summed E-state index contributed by atoms with van der Waals surface area (Å²) >= 11 is 0. The van der Waals surface area contributed by atoms with Gasteiger partial charge < -0.3 is 9.32 Å². The molecule has 1 N–H and O–H groups in total. The van der Waals surface area contributed by atoms with E-state index < -0.39 is 11.8 Å². The molecule has 152 valence electrons. The Balaban J connectivity index is 1.46. The molecule has 0 saturated carbocycles. The van der Waals surface area contributed by atoms with Crippen LogP contribution in [0.3, 0.4) is 0 Å². The second-order valence-corrected chi connectivity index (χ2v) is 7.76. The number of fused-ring (bicyclic) bond motifs is 2. The van der Waals surface area contributed by atoms with Crippen molar-refractivity contribution in [2.75, 3.05) is 11.4 Å². The first-order valence-corrected chi connectivity index (χ1v) is 9.76. The van der Waals surface area contributed by atoms with Gasteiger partial charge in [0.2, 0.25) is 17.7 Å². The second-order valence-electron chi connectivity index (χ2n) is 7.76. The maximum Gasteiger partial charge on any atom is 0.258 e. The quantitative estimate of drug-likeness (QED) is 0.659. The standard InChI is InChI=1S/C22H18FN3O4/c1-11-10-26(17-9-13(23)3-4-14(11)17)22(29)12-2-6-16-18(8-12)30-21(24-16)15-5-7-19(27)25-20(15)28/h2-4,6,8-9,11,15H,5,7,10H2,1H3,(H,25,27,28)/t11-,15?/m1/s1. The molecule has 1 saturated heterocycles. The number of nitrogens with zero attached hydrogens (tertiary/aromatic N) is 2. The van der Waals surface area contributed by atoms with E-state index in [1.165, 1.54) is 12.1 Å². The molecule has 1 aromatic heterocycles. The number of imide groups is 1. The molecule has 0 aliphatic carbocycles. The van der Waals surface area contributed by atoms with Crippen LogP contribution in [-0.4, -0.2) is 29.3 Å². The average Bonchev–Trinajstić information content (AvgIpc) is 3.27. The van der Waals surface area contributed by atoms with Gasteiger partial charge in [0.25, 0.3) is 5.91 Å². The van der Waals surface area contributed by atoms with Gasteiger partial charge in [0.15, 0.2) is 5.58 Å². The molecular formula is C22H18FN3O4. The van der Waals surface area contributed by atoms with E-state index in [1.54, 1.807) is 29.2 Å². The lowest BCUT2D eigenvalue weighted by molar-refractivity contribution is -0.134. The summed E-state index contributed by atoms with van der Waals surface area (Å²) in [6.07, 6.45) is 0.555. The van der Waals surface area contributed by atoms with E-state index in [4.69, 9.17) is 4.42 Å². The summed E-state index contributed by atoms with van der Waals surface area (Å²) in [5.41, 5.74) is 2.80. The van der Waals surface area contributed by atoms with Gasteiger partial charge in [0, 0.05) is 24.4 Å². The summed E-state index contributed by atoms with van der Waals surface area (Å²) in [6, 6.07) is 9.39. The number of oxazole rings is 1. The zero-order valence-electron chi connectivity index (χ0n) is 16.1. The van der Waals surface area contributed by atoms with Gasteiger partial charge in [0.05, 0.1) is 5.69 Å². The molecular weight excluding hydrogens is 389 g/mol. The molecule has 3 aromatic rings. The van der Waals surface area contributed by atoms with Gasteiger partial charge in [-0.1, -0.05) is 13.0 Å². The topological polar surface area (TPSA) is 92.5 Å². The number of aromatic nitrogens is 1. The monoisotopic (exact) mass is 407 g/mol. The van der Waals surface area contributed by atoms with Gasteiger partial charge in [-0.15, -0.1) is 0 Å². The van der Waals surface area contributed by atoms with Gasteiger partial charge in [0.1, 0.15) is 17.3 Å². The third-order valence-corrected chi connectivity index (χ3v) is 5.70. The third kappa shape index (κ3) is 2.96. The summed E-state index contributed by atoms with van der Waals surface area (Å²) in [7, 11) is 0. The van der Waals surface area contributed by atoms with Gasteiger partial charge in [-0.2, -0.15) is 0 Å². The molecule has 0 radical (unpaired) electrons. The fourth-order valence-electron chi connectivity index (χ4n) is 4.14. The number of anilines is 1. The molecule has 1 unspecified atom stereocenters. The van der Waals surface area contributed by atoms with E-state index in [-0.39, 0.29) is 35.9 Å². The van der Waals surface area contributed by atoms with Crippen molar-refractivity contribution in [3.05, 3.63) is 59.2 Å². The van der Waals surface area contributed by atoms with Crippen LogP contribution in [0.25, 0.3) is 11.1 Å². The number of hydrogen-bond donors (Lipinski definition) is 1. The average molecular weight is 407 g/mol. The molecule has 2 atom stereocenters. The number of piperidine rings is 1. The first-order chi connectivity index (χ1) is 14.4. The van der Waals surface area contributed by atoms with E-state index >= 15 is 0 Å². The van der Waals surface area contributed by atoms with Crippen LogP contribution in [0.1, 0.15) is 53.4 Å². The van der Waals surface area contributed by atoms with Crippen molar-refractivity contribution in [1.82, 2.24) is 10.3 Å². The summed E-state index contributed by atoms with van der Waals surface area (Å²) in [6.45, 7) is 2.46. The molecule has 1 fully saturated rings. The van der Waals surface area contributed by atoms with Crippen molar-refractivity contribution in [1.29, 1.82) is 0 Å². The van der Waals surface area contributed by atoms with Crippen LogP contribution in [0.2, 0.25) is 0 Å². The van der Waals surface area contributed by atoms with Crippen molar-refractivity contribution in [3.63, 3.8) is 0 Å². The van der Waals surface area contributed by atoms with Crippen molar-refractivity contribution >= 4 is 34.5 Å². The SMILES string of the molecule is C[C@@H]1CN(C(=O)c2ccc3nc(C4CCC(=O)NC4=O)oc3c2)c2cc(F)ccc21. The highest BCUT2D eigenvalue weighted by Crippen LogP contribution is 2.37. The first kappa shape index (κ1) is 18.5. The fourth-order valence-corrected chi connectivity index (χ4v) is 4.14. The Morgan fingerprint density at radius 1 is 1.23 bits per heavy atom. The first-order valence-electron chi connectivity index (χ1n) is 9.76. The summed E-state index contributed by atoms with van der Waals surface area (Å²) in [5, 5.41) is 2.29. The number of halogens is 1. The Morgan fingerprint density at radius 3 is 2.87 bits per heavy atom. The van der Waals surface area contributed by atoms with E-state index in [0.29, 0.717) is 35.3 Å². The minimum atomic E-state index is -0.636. The van der Waals surface area contributed by atoms with Crippen molar-refractivity contribution < 1.29 is 23.2 Å². The molecule has 3 heterocycles. The van der Waals surface area contributed by atoms with Crippen molar-refractivity contribution in [3.8, 4) is 0 Å². The van der Waals surface area contributed by atoms with Crippen LogP contribution in [0.15, 0.2) is 40.8 Å². The van der Waals surface area contributed by atoms with E-state index in [9.17, 15) is 18.8 Å². The van der Waals surface area contributed by atoms with E-state index in [2.05, 4.69) is 10.3 Å². The maximum atomic E-state index is 13.8. The highest BCUT2D eigenvalue weighted by atomic mass is 19.1. The predicted molar refractivity (Wildman–Crippen MR) is 106 cm³/mol. The third-order valence-electron chi connectivity index (χ3n) is 5.70. The van der Waals surface area contributed by atoms with Crippen LogP contribution in [0, 0.1) is 5.82 Å². The van der Waals surface area contributed by atoms with Crippen LogP contribution < -0.4 is 10.2 Å². The minimum Gasteiger partial charge on any atom is -0.440 e. The lowest BCUT2D eigenvalue weighted by Gasteiger charge is -2.17. The minimum absolute atomic E-state index is 0.109. The normalized spacial score (nSPS) is 21.1. The largest absolute Gasteiger partial charge is 0.440 e. The number of carbonyl (C=O) groups is 3. The van der Waals surface area contributed by atoms with Crippen LogP contribution >= 0.6 is 0 Å². The maximum absolute atomic E-state index is 13.8. The molecule has 5 rings (SSSR count). The summed E-state index contributed by atoms with van der Waals surface area (Å²) < 4.78 is 19.5. The summed E-state index contributed by atoms with van der Waals surface area (Å²) in [5.74, 6) is -1.69. The molecule has 2 aromatic carbocycles. The summed E-state index contributed by atoms with van der Waals surface area (Å²) in [4.78, 5) is 42.5. The van der Waals surface area contributed by atoms with Crippen molar-refractivity contribution in [2.24, 2.45) is 0 Å². The zero-order valence-corrected chi connectivity index (χ0v) is 16.1. The Morgan fingerprint density at radius 2 is 2.07 bits per heavy atom. The molecule has 3 amide bonds. The second kappa shape index (κ2) is 6.76. The molecule has 7 nitrogen and oxygen atoms in total. The van der Waals surface area contributed by atoms with Crippen LogP contribution in [-0.2, 0) is 9.59 Å². The lowest BCUT2D eigenvalue weighted by atomic mass is 9.98. The number of hydrogen-bond acceptors (Lipinski definition) is 5. The zero-order chi connectivity index (χ0) is 21.0. The molecule has 0 spiro atoms. The van der Waals surface area contributed by atoms with E-state index in [0.717, 1.165) is 5.56 Å². The van der Waals surface area contributed by atoms with Crippen molar-refractivity contribution in [2.45, 2.75) is 31.6 Å². The number of nitrogens with one attached hydrogen (secondary N) is 1. The highest BCUT2D eigenvalue weighted by Gasteiger charge is 2.33. The number of amides is 3. The van der Waals surface area contributed by atoms with Crippen LogP contribution in [0.5, 0.6) is 0 Å². The van der Waals surface area contributed by atoms with Gasteiger partial charge >= 0.3 is 0 Å². The Hall–Kier alpha value is -3.55. The molecule has 2 aliphatic rings. The van der Waals surface area contributed by atoms with Gasteiger partial charge in [-0.25, -0.2) is 9.37 Å². The van der Waals surface area contributed by atoms with Gasteiger partial charge in [-0.05, 0) is 42.3 Å². The molecule has 0 bridgehead atoms. The Labute approximate surface area is 170 Å². The predicted octanol–water partition coefficient (Wildman–Crippen LogP) is 3.25. The number of rotatable bonds is 2. The molecule has 8 heteroatoms. The molecule has 30 heavy (non-hydrogen) atoms.